The predicted octanol–water partition coefficient (Wildman–Crippen LogP) is 3.46. The molecule has 3 aromatic rings. The van der Waals surface area contributed by atoms with Gasteiger partial charge in [0.25, 0.3) is 0 Å². The van der Waals surface area contributed by atoms with Crippen molar-refractivity contribution in [3.63, 3.8) is 0 Å². The Balaban J connectivity index is 0.00000108. The van der Waals surface area contributed by atoms with Crippen LogP contribution in [-0.4, -0.2) is 10.5 Å². The molecular formula is C14H12BrNO. The molecule has 3 heteroatoms. The van der Waals surface area contributed by atoms with Crippen molar-refractivity contribution in [2.24, 2.45) is 0 Å². The monoisotopic (exact) mass is 289 g/mol. The molecule has 0 spiro atoms. The standard InChI is InChI=1S/C14H10BrN.H2O/c15-8-10-5-3-7-13-14(10)12-6-2-1-4-11(12)9-16-13;/h1-7,9H,8H2;1H2. The third kappa shape index (κ3) is 1.92. The van der Waals surface area contributed by atoms with E-state index in [0.29, 0.717) is 0 Å². The summed E-state index contributed by atoms with van der Waals surface area (Å²) in [5, 5.41) is 4.60. The fourth-order valence-electron chi connectivity index (χ4n) is 2.09. The highest BCUT2D eigenvalue weighted by molar-refractivity contribution is 9.08. The molecule has 0 aliphatic carbocycles. The number of aromatic nitrogens is 1. The summed E-state index contributed by atoms with van der Waals surface area (Å²) in [4.78, 5) is 4.50. The molecule has 2 N–H and O–H groups in total. The van der Waals surface area contributed by atoms with Crippen LogP contribution in [0, 0.1) is 0 Å². The topological polar surface area (TPSA) is 44.4 Å². The van der Waals surface area contributed by atoms with Gasteiger partial charge in [0.15, 0.2) is 0 Å². The van der Waals surface area contributed by atoms with Gasteiger partial charge in [-0.1, -0.05) is 52.3 Å². The molecule has 0 saturated heterocycles. The van der Waals surface area contributed by atoms with Crippen LogP contribution >= 0.6 is 15.9 Å². The molecule has 0 atom stereocenters. The summed E-state index contributed by atoms with van der Waals surface area (Å²) in [5.74, 6) is 0. The Labute approximate surface area is 108 Å². The fraction of sp³-hybridized carbons (Fsp3) is 0.0714. The van der Waals surface area contributed by atoms with Crippen molar-refractivity contribution in [3.8, 4) is 0 Å². The molecule has 3 rings (SSSR count). The Morgan fingerprint density at radius 1 is 1.00 bits per heavy atom. The number of benzene rings is 2. The molecule has 0 radical (unpaired) electrons. The number of nitrogens with zero attached hydrogens (tertiary/aromatic N) is 1. The van der Waals surface area contributed by atoms with Gasteiger partial charge in [-0.2, -0.15) is 0 Å². The first-order valence-electron chi connectivity index (χ1n) is 5.21. The molecule has 1 heterocycles. The van der Waals surface area contributed by atoms with Gasteiger partial charge >= 0.3 is 0 Å². The van der Waals surface area contributed by atoms with E-state index in [1.165, 1.54) is 21.7 Å². The normalized spacial score (nSPS) is 10.4. The SMILES string of the molecule is BrCc1cccc2ncc3ccccc3c12.O. The van der Waals surface area contributed by atoms with E-state index in [4.69, 9.17) is 0 Å². The molecule has 17 heavy (non-hydrogen) atoms. The average molecular weight is 290 g/mol. The summed E-state index contributed by atoms with van der Waals surface area (Å²) in [5.41, 5.74) is 2.36. The molecule has 86 valence electrons. The van der Waals surface area contributed by atoms with Crippen molar-refractivity contribution >= 4 is 37.6 Å². The van der Waals surface area contributed by atoms with Crippen LogP contribution in [0.1, 0.15) is 5.56 Å². The van der Waals surface area contributed by atoms with E-state index < -0.39 is 0 Å². The van der Waals surface area contributed by atoms with Crippen LogP contribution in [0.15, 0.2) is 48.7 Å². The second-order valence-electron chi connectivity index (χ2n) is 3.79. The van der Waals surface area contributed by atoms with Crippen molar-refractivity contribution < 1.29 is 5.48 Å². The van der Waals surface area contributed by atoms with Crippen molar-refractivity contribution in [3.05, 3.63) is 54.2 Å². The molecule has 0 fully saturated rings. The van der Waals surface area contributed by atoms with Gasteiger partial charge in [0.2, 0.25) is 0 Å². The van der Waals surface area contributed by atoms with Crippen LogP contribution < -0.4 is 0 Å². The zero-order chi connectivity index (χ0) is 11.0. The van der Waals surface area contributed by atoms with Gasteiger partial charge in [0, 0.05) is 22.3 Å². The Bertz CT molecular complexity index is 666. The van der Waals surface area contributed by atoms with E-state index in [0.717, 1.165) is 10.8 Å². The highest BCUT2D eigenvalue weighted by Gasteiger charge is 2.04. The predicted molar refractivity (Wildman–Crippen MR) is 75.5 cm³/mol. The first-order chi connectivity index (χ1) is 7.90. The maximum Gasteiger partial charge on any atom is 0.0711 e. The first-order valence-corrected chi connectivity index (χ1v) is 6.33. The van der Waals surface area contributed by atoms with Gasteiger partial charge in [0.1, 0.15) is 0 Å². The van der Waals surface area contributed by atoms with E-state index in [1.807, 2.05) is 12.3 Å². The summed E-state index contributed by atoms with van der Waals surface area (Å²) >= 11 is 3.54. The van der Waals surface area contributed by atoms with Crippen molar-refractivity contribution in [1.29, 1.82) is 0 Å². The number of pyridine rings is 1. The van der Waals surface area contributed by atoms with Crippen LogP contribution in [0.25, 0.3) is 21.7 Å². The lowest BCUT2D eigenvalue weighted by Crippen LogP contribution is -1.86. The van der Waals surface area contributed by atoms with Crippen LogP contribution in [0.3, 0.4) is 0 Å². The van der Waals surface area contributed by atoms with Crippen LogP contribution in [0.2, 0.25) is 0 Å². The third-order valence-corrected chi connectivity index (χ3v) is 3.45. The summed E-state index contributed by atoms with van der Waals surface area (Å²) in [6.07, 6.45) is 1.94. The highest BCUT2D eigenvalue weighted by Crippen LogP contribution is 2.27. The van der Waals surface area contributed by atoms with Gasteiger partial charge in [-0.25, -0.2) is 0 Å². The number of hydrogen-bond acceptors (Lipinski definition) is 1. The minimum Gasteiger partial charge on any atom is -0.412 e. The van der Waals surface area contributed by atoms with Crippen molar-refractivity contribution in [2.45, 2.75) is 5.33 Å². The largest absolute Gasteiger partial charge is 0.412 e. The summed E-state index contributed by atoms with van der Waals surface area (Å²) in [6, 6.07) is 14.7. The minimum absolute atomic E-state index is 0. The van der Waals surface area contributed by atoms with Gasteiger partial charge in [-0.3, -0.25) is 4.98 Å². The van der Waals surface area contributed by atoms with Crippen LogP contribution in [0.5, 0.6) is 0 Å². The summed E-state index contributed by atoms with van der Waals surface area (Å²) < 4.78 is 0. The molecule has 0 unspecified atom stereocenters. The molecule has 0 aliphatic rings. The zero-order valence-corrected chi connectivity index (χ0v) is 10.7. The number of rotatable bonds is 1. The van der Waals surface area contributed by atoms with E-state index in [1.54, 1.807) is 0 Å². The Hall–Kier alpha value is -1.45. The highest BCUT2D eigenvalue weighted by atomic mass is 79.9. The van der Waals surface area contributed by atoms with Gasteiger partial charge in [0.05, 0.1) is 5.52 Å². The Morgan fingerprint density at radius 3 is 2.65 bits per heavy atom. The van der Waals surface area contributed by atoms with E-state index in [9.17, 15) is 0 Å². The summed E-state index contributed by atoms with van der Waals surface area (Å²) in [7, 11) is 0. The molecule has 0 bridgehead atoms. The zero-order valence-electron chi connectivity index (χ0n) is 9.15. The second-order valence-corrected chi connectivity index (χ2v) is 4.35. The van der Waals surface area contributed by atoms with E-state index in [-0.39, 0.29) is 5.48 Å². The maximum absolute atomic E-state index is 4.50. The summed E-state index contributed by atoms with van der Waals surface area (Å²) in [6.45, 7) is 0. The fourth-order valence-corrected chi connectivity index (χ4v) is 2.56. The van der Waals surface area contributed by atoms with Crippen LogP contribution in [-0.2, 0) is 5.33 Å². The smallest absolute Gasteiger partial charge is 0.0711 e. The lowest BCUT2D eigenvalue weighted by Gasteiger charge is -2.06. The van der Waals surface area contributed by atoms with Gasteiger partial charge in [-0.15, -0.1) is 0 Å². The average Bonchev–Trinajstić information content (AvgIpc) is 2.37. The number of alkyl halides is 1. The van der Waals surface area contributed by atoms with Crippen molar-refractivity contribution in [2.75, 3.05) is 0 Å². The number of halogens is 1. The van der Waals surface area contributed by atoms with Crippen molar-refractivity contribution in [1.82, 2.24) is 4.98 Å². The lowest BCUT2D eigenvalue weighted by molar-refractivity contribution is 0.824. The molecule has 0 saturated carbocycles. The second kappa shape index (κ2) is 4.82. The number of hydrogen-bond donors (Lipinski definition) is 0. The Morgan fingerprint density at radius 2 is 1.82 bits per heavy atom. The molecule has 2 nitrogen and oxygen atoms in total. The van der Waals surface area contributed by atoms with Gasteiger partial charge < -0.3 is 5.48 Å². The maximum atomic E-state index is 4.50. The quantitative estimate of drug-likeness (QED) is 0.500. The minimum atomic E-state index is 0. The van der Waals surface area contributed by atoms with Gasteiger partial charge in [-0.05, 0) is 17.0 Å². The third-order valence-electron chi connectivity index (χ3n) is 2.85. The molecule has 2 aromatic carbocycles. The van der Waals surface area contributed by atoms with E-state index >= 15 is 0 Å². The molecule has 1 aromatic heterocycles. The number of fused-ring (bicyclic) bond motifs is 3. The molecule has 0 aliphatic heterocycles. The molecule has 0 amide bonds. The Kier molecular flexibility index (Phi) is 3.41. The van der Waals surface area contributed by atoms with Crippen LogP contribution in [0.4, 0.5) is 0 Å². The lowest BCUT2D eigenvalue weighted by atomic mass is 10.0. The van der Waals surface area contributed by atoms with E-state index in [2.05, 4.69) is 57.3 Å². The first kappa shape index (κ1) is 12.0. The molecular weight excluding hydrogens is 278 g/mol.